The van der Waals surface area contributed by atoms with Crippen molar-refractivity contribution in [3.63, 3.8) is 0 Å². The maximum absolute atomic E-state index is 12.2. The molecule has 2 N–H and O–H groups in total. The van der Waals surface area contributed by atoms with Crippen LogP contribution in [-0.2, 0) is 21.2 Å². The van der Waals surface area contributed by atoms with Gasteiger partial charge >= 0.3 is 0 Å². The van der Waals surface area contributed by atoms with Gasteiger partial charge in [0, 0.05) is 19.5 Å². The normalized spacial score (nSPS) is 14.6. The van der Waals surface area contributed by atoms with Crippen LogP contribution >= 0.6 is 0 Å². The first-order valence-corrected chi connectivity index (χ1v) is 12.0. The molecule has 1 aliphatic rings. The Kier molecular flexibility index (Phi) is 7.87. The smallest absolute Gasteiger partial charge is 0.240 e. The molecule has 0 spiro atoms. The zero-order chi connectivity index (χ0) is 21.4. The topological polar surface area (TPSA) is 84.5 Å². The molecule has 3 rings (SSSR count). The summed E-state index contributed by atoms with van der Waals surface area (Å²) in [5.41, 5.74) is 2.05. The molecule has 1 saturated carbocycles. The average molecular weight is 431 g/mol. The predicted octanol–water partition coefficient (Wildman–Crippen LogP) is 3.34. The van der Waals surface area contributed by atoms with Crippen molar-refractivity contribution in [3.05, 3.63) is 59.7 Å². The number of amides is 1. The fourth-order valence-corrected chi connectivity index (χ4v) is 4.54. The lowest BCUT2D eigenvalue weighted by atomic mass is 10.1. The molecule has 1 aliphatic carbocycles. The number of aryl methyl sites for hydroxylation is 2. The molecule has 6 nitrogen and oxygen atoms in total. The van der Waals surface area contributed by atoms with E-state index in [-0.39, 0.29) is 23.9 Å². The van der Waals surface area contributed by atoms with Gasteiger partial charge in [-0.25, -0.2) is 13.1 Å². The van der Waals surface area contributed by atoms with Gasteiger partial charge in [-0.15, -0.1) is 0 Å². The van der Waals surface area contributed by atoms with Crippen LogP contribution in [0.25, 0.3) is 0 Å². The molecule has 0 aliphatic heterocycles. The van der Waals surface area contributed by atoms with E-state index in [0.717, 1.165) is 29.7 Å². The molecule has 7 heteroatoms. The van der Waals surface area contributed by atoms with E-state index in [4.69, 9.17) is 4.74 Å². The average Bonchev–Trinajstić information content (AvgIpc) is 3.23. The minimum atomic E-state index is -3.56. The minimum absolute atomic E-state index is 0.105. The summed E-state index contributed by atoms with van der Waals surface area (Å²) >= 11 is 0. The van der Waals surface area contributed by atoms with Crippen LogP contribution in [0.3, 0.4) is 0 Å². The minimum Gasteiger partial charge on any atom is -0.490 e. The summed E-state index contributed by atoms with van der Waals surface area (Å²) in [7, 11) is -3.56. The number of carbonyl (C=O) groups is 1. The molecular formula is C23H30N2O4S. The molecule has 1 fully saturated rings. The van der Waals surface area contributed by atoms with Gasteiger partial charge in [0.15, 0.2) is 0 Å². The molecule has 1 amide bonds. The van der Waals surface area contributed by atoms with E-state index in [2.05, 4.69) is 10.0 Å². The van der Waals surface area contributed by atoms with E-state index in [1.54, 1.807) is 24.3 Å². The van der Waals surface area contributed by atoms with Gasteiger partial charge in [-0.3, -0.25) is 4.79 Å². The second-order valence-corrected chi connectivity index (χ2v) is 9.50. The van der Waals surface area contributed by atoms with E-state index in [1.165, 1.54) is 12.8 Å². The number of nitrogens with one attached hydrogen (secondary N) is 2. The van der Waals surface area contributed by atoms with Crippen LogP contribution in [0.4, 0.5) is 0 Å². The molecule has 0 atom stereocenters. The lowest BCUT2D eigenvalue weighted by molar-refractivity contribution is -0.121. The summed E-state index contributed by atoms with van der Waals surface area (Å²) in [5, 5.41) is 2.76. The molecule has 2 aromatic rings. The molecule has 0 unspecified atom stereocenters. The lowest BCUT2D eigenvalue weighted by Gasteiger charge is -2.14. The number of benzene rings is 2. The van der Waals surface area contributed by atoms with Crippen LogP contribution in [0.2, 0.25) is 0 Å². The summed E-state index contributed by atoms with van der Waals surface area (Å²) in [5.74, 6) is 0.761. The van der Waals surface area contributed by atoms with Gasteiger partial charge in [0.05, 0.1) is 11.0 Å². The summed E-state index contributed by atoms with van der Waals surface area (Å²) in [6.45, 7) is 2.29. The van der Waals surface area contributed by atoms with Gasteiger partial charge in [0.25, 0.3) is 0 Å². The Hall–Kier alpha value is -2.38. The monoisotopic (exact) mass is 430 g/mol. The molecule has 2 aromatic carbocycles. The van der Waals surface area contributed by atoms with Crippen LogP contribution in [0, 0.1) is 6.92 Å². The largest absolute Gasteiger partial charge is 0.490 e. The predicted molar refractivity (Wildman–Crippen MR) is 117 cm³/mol. The van der Waals surface area contributed by atoms with Crippen molar-refractivity contribution in [2.24, 2.45) is 0 Å². The molecule has 0 heterocycles. The fraction of sp³-hybridized carbons (Fsp3) is 0.435. The lowest BCUT2D eigenvalue weighted by Crippen LogP contribution is -2.34. The molecule has 30 heavy (non-hydrogen) atoms. The van der Waals surface area contributed by atoms with Crippen molar-refractivity contribution in [3.8, 4) is 5.75 Å². The second kappa shape index (κ2) is 10.6. The molecule has 162 valence electrons. The van der Waals surface area contributed by atoms with Crippen molar-refractivity contribution in [1.82, 2.24) is 10.0 Å². The summed E-state index contributed by atoms with van der Waals surface area (Å²) in [6.07, 6.45) is 5.95. The van der Waals surface area contributed by atoms with E-state index in [1.807, 2.05) is 31.2 Å². The van der Waals surface area contributed by atoms with Crippen LogP contribution in [-0.4, -0.2) is 33.5 Å². The van der Waals surface area contributed by atoms with Gasteiger partial charge in [-0.2, -0.15) is 0 Å². The van der Waals surface area contributed by atoms with Crippen molar-refractivity contribution in [2.45, 2.75) is 56.4 Å². The SMILES string of the molecule is Cc1ccc(S(=O)(=O)NCCNC(=O)CCc2cccc(OC3CCCC3)c2)cc1. The van der Waals surface area contributed by atoms with Crippen LogP contribution < -0.4 is 14.8 Å². The maximum atomic E-state index is 12.2. The highest BCUT2D eigenvalue weighted by Gasteiger charge is 2.16. The number of carbonyl (C=O) groups excluding carboxylic acids is 1. The fourth-order valence-electron chi connectivity index (χ4n) is 3.51. The first kappa shape index (κ1) is 22.3. The number of ether oxygens (including phenoxy) is 1. The molecule has 0 aromatic heterocycles. The van der Waals surface area contributed by atoms with Gasteiger partial charge < -0.3 is 10.1 Å². The van der Waals surface area contributed by atoms with E-state index in [9.17, 15) is 13.2 Å². The Balaban J connectivity index is 1.37. The highest BCUT2D eigenvalue weighted by molar-refractivity contribution is 7.89. The Morgan fingerprint density at radius 3 is 2.53 bits per heavy atom. The Morgan fingerprint density at radius 2 is 1.80 bits per heavy atom. The Bertz CT molecular complexity index is 936. The molecular weight excluding hydrogens is 400 g/mol. The van der Waals surface area contributed by atoms with E-state index >= 15 is 0 Å². The van der Waals surface area contributed by atoms with E-state index < -0.39 is 10.0 Å². The van der Waals surface area contributed by atoms with Crippen LogP contribution in [0.1, 0.15) is 43.2 Å². The second-order valence-electron chi connectivity index (χ2n) is 7.73. The maximum Gasteiger partial charge on any atom is 0.240 e. The summed E-state index contributed by atoms with van der Waals surface area (Å²) in [4.78, 5) is 12.3. The highest BCUT2D eigenvalue weighted by Crippen LogP contribution is 2.24. The summed E-state index contributed by atoms with van der Waals surface area (Å²) in [6, 6.07) is 14.6. The van der Waals surface area contributed by atoms with E-state index in [0.29, 0.717) is 18.9 Å². The Morgan fingerprint density at radius 1 is 1.07 bits per heavy atom. The number of sulfonamides is 1. The number of hydrogen-bond donors (Lipinski definition) is 2. The van der Waals surface area contributed by atoms with Gasteiger partial charge in [-0.1, -0.05) is 29.8 Å². The molecule has 0 radical (unpaired) electrons. The van der Waals surface area contributed by atoms with Crippen molar-refractivity contribution >= 4 is 15.9 Å². The van der Waals surface area contributed by atoms with Crippen LogP contribution in [0.15, 0.2) is 53.4 Å². The zero-order valence-electron chi connectivity index (χ0n) is 17.4. The first-order chi connectivity index (χ1) is 14.4. The standard InChI is InChI=1S/C23H30N2O4S/c1-18-9-12-22(13-10-18)30(27,28)25-16-15-24-23(26)14-11-19-5-4-8-21(17-19)29-20-6-2-3-7-20/h4-5,8-10,12-13,17,20,25H,2-3,6-7,11,14-16H2,1H3,(H,24,26). The number of rotatable bonds is 10. The third-order valence-corrected chi connectivity index (χ3v) is 6.69. The first-order valence-electron chi connectivity index (χ1n) is 10.5. The number of hydrogen-bond acceptors (Lipinski definition) is 4. The van der Waals surface area contributed by atoms with Gasteiger partial charge in [-0.05, 0) is 68.9 Å². The highest BCUT2D eigenvalue weighted by atomic mass is 32.2. The van der Waals surface area contributed by atoms with Gasteiger partial charge in [0.1, 0.15) is 5.75 Å². The molecule has 0 bridgehead atoms. The third kappa shape index (κ3) is 6.85. The summed E-state index contributed by atoms with van der Waals surface area (Å²) < 4.78 is 33.0. The molecule has 0 saturated heterocycles. The third-order valence-electron chi connectivity index (χ3n) is 5.21. The van der Waals surface area contributed by atoms with Crippen LogP contribution in [0.5, 0.6) is 5.75 Å². The zero-order valence-corrected chi connectivity index (χ0v) is 18.2. The van der Waals surface area contributed by atoms with Crippen molar-refractivity contribution < 1.29 is 17.9 Å². The van der Waals surface area contributed by atoms with Gasteiger partial charge in [0.2, 0.25) is 15.9 Å². The quantitative estimate of drug-likeness (QED) is 0.566. The Labute approximate surface area is 179 Å². The van der Waals surface area contributed by atoms with Crippen molar-refractivity contribution in [2.75, 3.05) is 13.1 Å². The van der Waals surface area contributed by atoms with Crippen molar-refractivity contribution in [1.29, 1.82) is 0 Å².